The van der Waals surface area contributed by atoms with Gasteiger partial charge in [-0.1, -0.05) is 18.2 Å². The minimum atomic E-state index is -0.421. The zero-order valence-corrected chi connectivity index (χ0v) is 12.8. The highest BCUT2D eigenvalue weighted by Gasteiger charge is 2.08. The molecular weight excluding hydrogens is 297 g/mol. The monoisotopic (exact) mass is 315 g/mol. The molecule has 0 bridgehead atoms. The van der Waals surface area contributed by atoms with Crippen LogP contribution in [0.15, 0.2) is 48.5 Å². The Morgan fingerprint density at radius 2 is 1.87 bits per heavy atom. The Labute approximate surface area is 134 Å². The van der Waals surface area contributed by atoms with Crippen LogP contribution in [-0.4, -0.2) is 18.5 Å². The number of amides is 1. The number of nitrogens with one attached hydrogen (secondary N) is 1. The first-order valence-corrected chi connectivity index (χ1v) is 7.40. The van der Waals surface area contributed by atoms with Crippen molar-refractivity contribution in [3.05, 3.63) is 65.5 Å². The van der Waals surface area contributed by atoms with Gasteiger partial charge in [-0.25, -0.2) is 9.18 Å². The number of rotatable bonds is 6. The Hall–Kier alpha value is -2.69. The highest BCUT2D eigenvalue weighted by Crippen LogP contribution is 2.13. The van der Waals surface area contributed by atoms with Gasteiger partial charge in [0.25, 0.3) is 0 Å². The van der Waals surface area contributed by atoms with Crippen LogP contribution in [0.4, 0.5) is 10.1 Å². The van der Waals surface area contributed by atoms with Gasteiger partial charge in [-0.2, -0.15) is 0 Å². The van der Waals surface area contributed by atoms with Gasteiger partial charge in [0.15, 0.2) is 0 Å². The van der Waals surface area contributed by atoms with Gasteiger partial charge in [-0.3, -0.25) is 4.79 Å². The van der Waals surface area contributed by atoms with Gasteiger partial charge in [0.1, 0.15) is 5.82 Å². The molecule has 0 aliphatic heterocycles. The molecule has 5 heteroatoms. The van der Waals surface area contributed by atoms with E-state index in [1.165, 1.54) is 12.1 Å². The summed E-state index contributed by atoms with van der Waals surface area (Å²) in [6, 6.07) is 12.7. The van der Waals surface area contributed by atoms with E-state index < -0.39 is 5.97 Å². The highest BCUT2D eigenvalue weighted by atomic mass is 19.1. The quantitative estimate of drug-likeness (QED) is 0.829. The molecule has 0 saturated heterocycles. The molecule has 1 N–H and O–H groups in total. The van der Waals surface area contributed by atoms with E-state index in [9.17, 15) is 14.0 Å². The van der Waals surface area contributed by atoms with Crippen molar-refractivity contribution in [2.75, 3.05) is 11.9 Å². The molecule has 4 nitrogen and oxygen atoms in total. The number of aryl methyl sites for hydroxylation is 1. The van der Waals surface area contributed by atoms with E-state index in [1.54, 1.807) is 43.3 Å². The van der Waals surface area contributed by atoms with Crippen LogP contribution in [0.3, 0.4) is 0 Å². The molecule has 0 spiro atoms. The number of halogens is 1. The lowest BCUT2D eigenvalue weighted by Gasteiger charge is -2.07. The van der Waals surface area contributed by atoms with Crippen molar-refractivity contribution in [1.82, 2.24) is 0 Å². The Morgan fingerprint density at radius 1 is 1.13 bits per heavy atom. The van der Waals surface area contributed by atoms with E-state index >= 15 is 0 Å². The first kappa shape index (κ1) is 16.7. The molecule has 0 atom stereocenters. The van der Waals surface area contributed by atoms with Crippen molar-refractivity contribution in [1.29, 1.82) is 0 Å². The van der Waals surface area contributed by atoms with Crippen LogP contribution in [0.1, 0.15) is 29.3 Å². The first-order chi connectivity index (χ1) is 11.1. The normalized spacial score (nSPS) is 10.2. The van der Waals surface area contributed by atoms with Crippen LogP contribution in [0.2, 0.25) is 0 Å². The van der Waals surface area contributed by atoms with Gasteiger partial charge in [0.05, 0.1) is 12.2 Å². The van der Waals surface area contributed by atoms with Crippen molar-refractivity contribution in [2.24, 2.45) is 0 Å². The third-order valence-electron chi connectivity index (χ3n) is 3.21. The van der Waals surface area contributed by atoms with Crippen molar-refractivity contribution >= 4 is 17.6 Å². The fourth-order valence-electron chi connectivity index (χ4n) is 2.07. The molecule has 0 aliphatic rings. The van der Waals surface area contributed by atoms with E-state index in [2.05, 4.69) is 5.32 Å². The lowest BCUT2D eigenvalue weighted by Crippen LogP contribution is -2.13. The zero-order chi connectivity index (χ0) is 16.7. The predicted octanol–water partition coefficient (Wildman–Crippen LogP) is 3.57. The number of benzene rings is 2. The Bertz CT molecular complexity index is 683. The fourth-order valence-corrected chi connectivity index (χ4v) is 2.07. The van der Waals surface area contributed by atoms with Crippen molar-refractivity contribution in [3.63, 3.8) is 0 Å². The molecule has 23 heavy (non-hydrogen) atoms. The molecule has 0 heterocycles. The molecule has 0 saturated carbocycles. The van der Waals surface area contributed by atoms with Crippen molar-refractivity contribution in [3.8, 4) is 0 Å². The average Bonchev–Trinajstić information content (AvgIpc) is 2.55. The molecule has 0 radical (unpaired) electrons. The summed E-state index contributed by atoms with van der Waals surface area (Å²) < 4.78 is 17.7. The van der Waals surface area contributed by atoms with E-state index in [1.807, 2.05) is 0 Å². The van der Waals surface area contributed by atoms with E-state index in [4.69, 9.17) is 4.74 Å². The molecule has 0 fully saturated rings. The molecule has 0 unspecified atom stereocenters. The van der Waals surface area contributed by atoms with Crippen LogP contribution >= 0.6 is 0 Å². The SMILES string of the molecule is CCOC(=O)c1cccc(NC(=O)CCc2ccc(F)cc2)c1. The fraction of sp³-hybridized carbons (Fsp3) is 0.222. The second-order valence-corrected chi connectivity index (χ2v) is 4.98. The number of esters is 1. The standard InChI is InChI=1S/C18H18FNO3/c1-2-23-18(22)14-4-3-5-16(12-14)20-17(21)11-8-13-6-9-15(19)10-7-13/h3-7,9-10,12H,2,8,11H2,1H3,(H,20,21). The van der Waals surface area contributed by atoms with E-state index in [0.29, 0.717) is 24.3 Å². The summed E-state index contributed by atoms with van der Waals surface area (Å²) in [4.78, 5) is 23.6. The second-order valence-electron chi connectivity index (χ2n) is 4.98. The van der Waals surface area contributed by atoms with Crippen LogP contribution in [0.25, 0.3) is 0 Å². The number of carbonyl (C=O) groups excluding carboxylic acids is 2. The number of hydrogen-bond donors (Lipinski definition) is 1. The molecule has 2 rings (SSSR count). The van der Waals surface area contributed by atoms with E-state index in [0.717, 1.165) is 5.56 Å². The maximum Gasteiger partial charge on any atom is 0.338 e. The van der Waals surface area contributed by atoms with Crippen LogP contribution < -0.4 is 5.32 Å². The van der Waals surface area contributed by atoms with Crippen LogP contribution in [0, 0.1) is 5.82 Å². The predicted molar refractivity (Wildman–Crippen MR) is 85.7 cm³/mol. The maximum absolute atomic E-state index is 12.8. The smallest absolute Gasteiger partial charge is 0.338 e. The molecule has 120 valence electrons. The Balaban J connectivity index is 1.91. The van der Waals surface area contributed by atoms with Gasteiger partial charge < -0.3 is 10.1 Å². The molecular formula is C18H18FNO3. The molecule has 0 aromatic heterocycles. The number of ether oxygens (including phenoxy) is 1. The minimum Gasteiger partial charge on any atom is -0.462 e. The molecule has 2 aromatic rings. The summed E-state index contributed by atoms with van der Waals surface area (Å²) in [6.07, 6.45) is 0.791. The summed E-state index contributed by atoms with van der Waals surface area (Å²) in [5, 5.41) is 2.74. The minimum absolute atomic E-state index is 0.171. The van der Waals surface area contributed by atoms with Crippen molar-refractivity contribution in [2.45, 2.75) is 19.8 Å². The zero-order valence-electron chi connectivity index (χ0n) is 12.8. The Morgan fingerprint density at radius 3 is 2.57 bits per heavy atom. The second kappa shape index (κ2) is 8.08. The summed E-state index contributed by atoms with van der Waals surface area (Å²) >= 11 is 0. The van der Waals surface area contributed by atoms with Gasteiger partial charge in [-0.15, -0.1) is 0 Å². The molecule has 2 aromatic carbocycles. The topological polar surface area (TPSA) is 55.4 Å². The first-order valence-electron chi connectivity index (χ1n) is 7.40. The molecule has 0 aliphatic carbocycles. The summed E-state index contributed by atoms with van der Waals surface area (Å²) in [6.45, 7) is 2.03. The van der Waals surface area contributed by atoms with E-state index in [-0.39, 0.29) is 18.1 Å². The number of hydrogen-bond acceptors (Lipinski definition) is 3. The lowest BCUT2D eigenvalue weighted by molar-refractivity contribution is -0.116. The van der Waals surface area contributed by atoms with Gasteiger partial charge in [0.2, 0.25) is 5.91 Å². The summed E-state index contributed by atoms with van der Waals surface area (Å²) in [7, 11) is 0. The highest BCUT2D eigenvalue weighted by molar-refractivity contribution is 5.94. The maximum atomic E-state index is 12.8. The number of anilines is 1. The van der Waals surface area contributed by atoms with Gasteiger partial charge in [0, 0.05) is 12.1 Å². The molecule has 1 amide bonds. The van der Waals surface area contributed by atoms with Gasteiger partial charge in [-0.05, 0) is 49.2 Å². The van der Waals surface area contributed by atoms with Crippen molar-refractivity contribution < 1.29 is 18.7 Å². The van der Waals surface area contributed by atoms with Crippen LogP contribution in [-0.2, 0) is 16.0 Å². The summed E-state index contributed by atoms with van der Waals surface area (Å²) in [5.41, 5.74) is 1.82. The van der Waals surface area contributed by atoms with Gasteiger partial charge >= 0.3 is 5.97 Å². The number of carbonyl (C=O) groups is 2. The largest absolute Gasteiger partial charge is 0.462 e. The average molecular weight is 315 g/mol. The third-order valence-corrected chi connectivity index (χ3v) is 3.21. The third kappa shape index (κ3) is 5.21. The summed E-state index contributed by atoms with van der Waals surface area (Å²) in [5.74, 6) is -0.890. The lowest BCUT2D eigenvalue weighted by atomic mass is 10.1. The van der Waals surface area contributed by atoms with Crippen LogP contribution in [0.5, 0.6) is 0 Å². The Kier molecular flexibility index (Phi) is 5.86.